The number of ether oxygens (including phenoxy) is 2. The van der Waals surface area contributed by atoms with Crippen LogP contribution >= 0.6 is 0 Å². The number of rotatable bonds is 9. The van der Waals surface area contributed by atoms with Crippen LogP contribution in [0.5, 0.6) is 0 Å². The second-order valence-electron chi connectivity index (χ2n) is 12.2. The van der Waals surface area contributed by atoms with E-state index < -0.39 is 35.5 Å². The quantitative estimate of drug-likeness (QED) is 0.351. The van der Waals surface area contributed by atoms with E-state index in [1.807, 2.05) is 6.92 Å². The zero-order valence-electron chi connectivity index (χ0n) is 22.4. The van der Waals surface area contributed by atoms with Crippen LogP contribution in [0.4, 0.5) is 0 Å². The minimum Gasteiger partial charge on any atom is -0.469 e. The molecule has 7 atom stereocenters. The van der Waals surface area contributed by atoms with Crippen molar-refractivity contribution in [1.29, 1.82) is 0 Å². The lowest BCUT2D eigenvalue weighted by atomic mass is 9.45. The Balaban J connectivity index is 1.38. The molecule has 8 heteroatoms. The maximum absolute atomic E-state index is 13.3. The van der Waals surface area contributed by atoms with E-state index in [2.05, 4.69) is 11.7 Å². The van der Waals surface area contributed by atoms with Gasteiger partial charge in [-0.2, -0.15) is 0 Å². The summed E-state index contributed by atoms with van der Waals surface area (Å²) < 4.78 is 9.84. The van der Waals surface area contributed by atoms with E-state index in [9.17, 15) is 29.4 Å². The standard InChI is InChI=1S/C29H42O8/c1-27-13-11-19(30)15-18(27)9-10-20-21-12-14-29(35,28(21,2)16-22(31)26(20)27)23(32)17-37-25(34)8-6-4-5-7-24(33)36-3/h15,20-22,26,31,35H,4-14,16-17H2,1-3H3. The highest BCUT2D eigenvalue weighted by Crippen LogP contribution is 2.67. The van der Waals surface area contributed by atoms with Crippen LogP contribution in [0.3, 0.4) is 0 Å². The van der Waals surface area contributed by atoms with Crippen molar-refractivity contribution in [1.82, 2.24) is 0 Å². The summed E-state index contributed by atoms with van der Waals surface area (Å²) in [6.07, 6.45) is 7.58. The van der Waals surface area contributed by atoms with Gasteiger partial charge in [0.25, 0.3) is 0 Å². The lowest BCUT2D eigenvalue weighted by molar-refractivity contribution is -0.184. The minimum atomic E-state index is -1.65. The van der Waals surface area contributed by atoms with Gasteiger partial charge >= 0.3 is 11.9 Å². The van der Waals surface area contributed by atoms with Crippen molar-refractivity contribution in [2.24, 2.45) is 28.6 Å². The number of hydrogen-bond donors (Lipinski definition) is 2. The Morgan fingerprint density at radius 1 is 1.03 bits per heavy atom. The molecule has 0 bridgehead atoms. The number of unbranched alkanes of at least 4 members (excludes halogenated alkanes) is 2. The highest BCUT2D eigenvalue weighted by Gasteiger charge is 2.68. The molecule has 206 valence electrons. The van der Waals surface area contributed by atoms with Gasteiger partial charge in [0.1, 0.15) is 5.60 Å². The molecule has 4 aliphatic carbocycles. The van der Waals surface area contributed by atoms with Crippen LogP contribution in [0.15, 0.2) is 11.6 Å². The first-order valence-electron chi connectivity index (χ1n) is 13.9. The molecule has 2 N–H and O–H groups in total. The first-order chi connectivity index (χ1) is 17.5. The predicted molar refractivity (Wildman–Crippen MR) is 134 cm³/mol. The number of aliphatic hydroxyl groups is 2. The molecule has 3 fully saturated rings. The molecule has 0 saturated heterocycles. The van der Waals surface area contributed by atoms with E-state index in [4.69, 9.17) is 4.74 Å². The molecule has 4 aliphatic rings. The molecule has 37 heavy (non-hydrogen) atoms. The topological polar surface area (TPSA) is 127 Å². The van der Waals surface area contributed by atoms with Gasteiger partial charge in [0, 0.05) is 24.7 Å². The summed E-state index contributed by atoms with van der Waals surface area (Å²) in [6, 6.07) is 0. The Bertz CT molecular complexity index is 971. The van der Waals surface area contributed by atoms with Crippen molar-refractivity contribution >= 4 is 23.5 Å². The second-order valence-corrected chi connectivity index (χ2v) is 12.2. The second kappa shape index (κ2) is 10.6. The third-order valence-corrected chi connectivity index (χ3v) is 10.4. The number of allylic oxidation sites excluding steroid dienone is 1. The Labute approximate surface area is 219 Å². The maximum Gasteiger partial charge on any atom is 0.306 e. The normalized spacial score (nSPS) is 38.6. The van der Waals surface area contributed by atoms with Crippen molar-refractivity contribution in [2.75, 3.05) is 13.7 Å². The average molecular weight is 519 g/mol. The minimum absolute atomic E-state index is 0.00753. The van der Waals surface area contributed by atoms with E-state index in [0.717, 1.165) is 24.8 Å². The van der Waals surface area contributed by atoms with Gasteiger partial charge < -0.3 is 19.7 Å². The van der Waals surface area contributed by atoms with Gasteiger partial charge in [-0.05, 0) is 80.6 Å². The summed E-state index contributed by atoms with van der Waals surface area (Å²) in [4.78, 5) is 48.7. The predicted octanol–water partition coefficient (Wildman–Crippen LogP) is 3.46. The van der Waals surface area contributed by atoms with Crippen LogP contribution in [-0.2, 0) is 28.7 Å². The van der Waals surface area contributed by atoms with Crippen molar-refractivity contribution < 1.29 is 38.9 Å². The highest BCUT2D eigenvalue weighted by molar-refractivity contribution is 5.92. The largest absolute Gasteiger partial charge is 0.469 e. The molecule has 4 rings (SSSR count). The Kier molecular flexibility index (Phi) is 8.01. The fraction of sp³-hybridized carbons (Fsp3) is 0.793. The molecule has 8 nitrogen and oxygen atoms in total. The summed E-state index contributed by atoms with van der Waals surface area (Å²) in [6.45, 7) is 3.62. The molecule has 3 saturated carbocycles. The number of aliphatic hydroxyl groups excluding tert-OH is 1. The van der Waals surface area contributed by atoms with Gasteiger partial charge in [0.2, 0.25) is 5.78 Å². The summed E-state index contributed by atoms with van der Waals surface area (Å²) in [5.74, 6) is -0.851. The fourth-order valence-electron chi connectivity index (χ4n) is 8.31. The number of carbonyl (C=O) groups excluding carboxylic acids is 4. The number of esters is 2. The van der Waals surface area contributed by atoms with E-state index >= 15 is 0 Å². The van der Waals surface area contributed by atoms with Crippen LogP contribution < -0.4 is 0 Å². The molecular weight excluding hydrogens is 476 g/mol. The summed E-state index contributed by atoms with van der Waals surface area (Å²) in [5.41, 5.74) is -1.53. The van der Waals surface area contributed by atoms with Crippen molar-refractivity contribution in [3.8, 4) is 0 Å². The Morgan fingerprint density at radius 3 is 2.43 bits per heavy atom. The third-order valence-electron chi connectivity index (χ3n) is 10.4. The van der Waals surface area contributed by atoms with Crippen LogP contribution in [0.1, 0.15) is 90.9 Å². The van der Waals surface area contributed by atoms with Gasteiger partial charge in [0.15, 0.2) is 12.4 Å². The van der Waals surface area contributed by atoms with Crippen LogP contribution in [0.25, 0.3) is 0 Å². The lowest BCUT2D eigenvalue weighted by Crippen LogP contribution is -2.62. The molecule has 0 aromatic heterocycles. The number of ketones is 2. The number of carbonyl (C=O) groups is 4. The molecule has 0 heterocycles. The number of Topliss-reactive ketones (excluding diaryl/α,β-unsaturated/α-hetero) is 1. The summed E-state index contributed by atoms with van der Waals surface area (Å²) >= 11 is 0. The van der Waals surface area contributed by atoms with E-state index in [-0.39, 0.29) is 41.3 Å². The van der Waals surface area contributed by atoms with Gasteiger partial charge in [-0.1, -0.05) is 25.8 Å². The van der Waals surface area contributed by atoms with Gasteiger partial charge in [-0.25, -0.2) is 0 Å². The molecule has 0 aromatic rings. The van der Waals surface area contributed by atoms with E-state index in [0.29, 0.717) is 51.4 Å². The lowest BCUT2D eigenvalue weighted by Gasteiger charge is -2.60. The fourth-order valence-corrected chi connectivity index (χ4v) is 8.31. The molecule has 0 spiro atoms. The first-order valence-corrected chi connectivity index (χ1v) is 13.9. The SMILES string of the molecule is COC(=O)CCCCCC(=O)OCC(=O)C1(O)CCC2C3CCC4=CC(=O)CCC4(C)C3C(O)CC21C. The van der Waals surface area contributed by atoms with Crippen molar-refractivity contribution in [2.45, 2.75) is 103 Å². The molecule has 0 radical (unpaired) electrons. The van der Waals surface area contributed by atoms with Crippen LogP contribution in [-0.4, -0.2) is 59.1 Å². The number of fused-ring (bicyclic) bond motifs is 5. The summed E-state index contributed by atoms with van der Waals surface area (Å²) in [5, 5.41) is 23.2. The van der Waals surface area contributed by atoms with E-state index in [1.165, 1.54) is 7.11 Å². The Morgan fingerprint density at radius 2 is 1.73 bits per heavy atom. The number of hydrogen-bond acceptors (Lipinski definition) is 8. The smallest absolute Gasteiger partial charge is 0.306 e. The maximum atomic E-state index is 13.3. The Hall–Kier alpha value is -2.06. The molecule has 7 unspecified atom stereocenters. The first kappa shape index (κ1) is 28.0. The van der Waals surface area contributed by atoms with Crippen molar-refractivity contribution in [3.63, 3.8) is 0 Å². The number of methoxy groups -OCH3 is 1. The van der Waals surface area contributed by atoms with E-state index in [1.54, 1.807) is 6.08 Å². The highest BCUT2D eigenvalue weighted by atomic mass is 16.5. The molecule has 0 aliphatic heterocycles. The third kappa shape index (κ3) is 4.91. The average Bonchev–Trinajstić information content (AvgIpc) is 3.13. The van der Waals surface area contributed by atoms with Gasteiger partial charge in [0.05, 0.1) is 13.2 Å². The van der Waals surface area contributed by atoms with Gasteiger partial charge in [-0.15, -0.1) is 0 Å². The van der Waals surface area contributed by atoms with Gasteiger partial charge in [-0.3, -0.25) is 19.2 Å². The zero-order valence-corrected chi connectivity index (χ0v) is 22.4. The zero-order chi connectivity index (χ0) is 27.0. The summed E-state index contributed by atoms with van der Waals surface area (Å²) in [7, 11) is 1.34. The van der Waals surface area contributed by atoms with Crippen molar-refractivity contribution in [3.05, 3.63) is 11.6 Å². The molecule has 0 amide bonds. The molecular formula is C29H42O8. The monoisotopic (exact) mass is 518 g/mol. The van der Waals surface area contributed by atoms with Crippen LogP contribution in [0.2, 0.25) is 0 Å². The van der Waals surface area contributed by atoms with Crippen LogP contribution in [0, 0.1) is 28.6 Å². The molecule has 0 aromatic carbocycles.